The molecule has 190 valence electrons. The summed E-state index contributed by atoms with van der Waals surface area (Å²) in [5, 5.41) is 9.81. The molecule has 0 aromatic heterocycles. The van der Waals surface area contributed by atoms with E-state index in [9.17, 15) is 9.36 Å². The van der Waals surface area contributed by atoms with Crippen molar-refractivity contribution < 1.29 is 28.0 Å². The van der Waals surface area contributed by atoms with E-state index in [0.29, 0.717) is 5.02 Å². The van der Waals surface area contributed by atoms with Crippen molar-refractivity contribution in [2.24, 2.45) is 5.92 Å². The van der Waals surface area contributed by atoms with E-state index in [-0.39, 0.29) is 11.5 Å². The summed E-state index contributed by atoms with van der Waals surface area (Å²) in [7, 11) is -1.14. The second kappa shape index (κ2) is 11.6. The highest BCUT2D eigenvalue weighted by molar-refractivity contribution is 7.48. The van der Waals surface area contributed by atoms with Crippen LogP contribution >= 0.6 is 19.4 Å². The number of halogens is 1. The first-order chi connectivity index (χ1) is 17.3. The van der Waals surface area contributed by atoms with Gasteiger partial charge in [-0.1, -0.05) is 48.0 Å². The molecule has 1 heterocycles. The predicted molar refractivity (Wildman–Crippen MR) is 141 cm³/mol. The molecule has 1 fully saturated rings. The van der Waals surface area contributed by atoms with Crippen LogP contribution in [-0.4, -0.2) is 38.4 Å². The molecule has 1 aliphatic heterocycles. The predicted octanol–water partition coefficient (Wildman–Crippen LogP) is 7.08. The lowest BCUT2D eigenvalue weighted by Crippen LogP contribution is -2.36. The van der Waals surface area contributed by atoms with Crippen LogP contribution < -0.4 is 4.90 Å². The number of carboxylic acid groups (broad SMARTS) is 1. The lowest BCUT2D eigenvalue weighted by Gasteiger charge is -2.38. The number of carboxylic acids is 1. The van der Waals surface area contributed by atoms with Gasteiger partial charge < -0.3 is 10.0 Å². The molecule has 1 aliphatic rings. The van der Waals surface area contributed by atoms with E-state index in [0.717, 1.165) is 48.3 Å². The molecule has 36 heavy (non-hydrogen) atoms. The number of benzene rings is 3. The number of aromatic carboxylic acids is 1. The minimum atomic E-state index is -3.77. The Bertz CT molecular complexity index is 1220. The van der Waals surface area contributed by atoms with E-state index in [1.165, 1.54) is 14.2 Å². The summed E-state index contributed by atoms with van der Waals surface area (Å²) in [4.78, 5) is 13.4. The molecule has 3 aromatic carbocycles. The van der Waals surface area contributed by atoms with Gasteiger partial charge in [-0.2, -0.15) is 0 Å². The van der Waals surface area contributed by atoms with Gasteiger partial charge in [-0.05, 0) is 71.8 Å². The van der Waals surface area contributed by atoms with Crippen LogP contribution in [0.2, 0.25) is 5.02 Å². The molecule has 1 unspecified atom stereocenters. The van der Waals surface area contributed by atoms with Crippen LogP contribution in [0, 0.1) is 5.92 Å². The standard InChI is InChI=1S/C27H29ClNO6P/c1-33-36(32,34-2)35-26(25-6-4-3-5-24(25)19-7-11-22(28)12-8-19)20-15-17-29(18-16-20)23-13-9-21(10-14-23)27(30)31/h3-14,20,26H,15-18H2,1-2H3,(H,30,31). The zero-order valence-electron chi connectivity index (χ0n) is 20.2. The van der Waals surface area contributed by atoms with E-state index in [2.05, 4.69) is 4.90 Å². The minimum Gasteiger partial charge on any atom is -0.478 e. The third kappa shape index (κ3) is 6.00. The number of carbonyl (C=O) groups is 1. The Balaban J connectivity index is 1.62. The van der Waals surface area contributed by atoms with Gasteiger partial charge in [-0.15, -0.1) is 0 Å². The van der Waals surface area contributed by atoms with Crippen LogP contribution in [0.3, 0.4) is 0 Å². The SMILES string of the molecule is COP(=O)(OC)OC(c1ccccc1-c1ccc(Cl)cc1)C1CCN(c2ccc(C(=O)O)cc2)CC1. The molecule has 1 atom stereocenters. The first kappa shape index (κ1) is 26.4. The molecule has 0 spiro atoms. The zero-order valence-corrected chi connectivity index (χ0v) is 21.8. The van der Waals surface area contributed by atoms with Gasteiger partial charge in [-0.3, -0.25) is 13.6 Å². The number of nitrogens with zero attached hydrogens (tertiary/aromatic N) is 1. The van der Waals surface area contributed by atoms with Crippen molar-refractivity contribution in [2.45, 2.75) is 18.9 Å². The maximum absolute atomic E-state index is 13.1. The fraction of sp³-hybridized carbons (Fsp3) is 0.296. The number of anilines is 1. The maximum Gasteiger partial charge on any atom is 0.474 e. The third-order valence-electron chi connectivity index (χ3n) is 6.56. The van der Waals surface area contributed by atoms with Crippen LogP contribution in [0.25, 0.3) is 11.1 Å². The summed E-state index contributed by atoms with van der Waals surface area (Å²) in [5.74, 6) is -0.896. The largest absolute Gasteiger partial charge is 0.478 e. The average molecular weight is 530 g/mol. The van der Waals surface area contributed by atoms with Crippen LogP contribution in [0.4, 0.5) is 5.69 Å². The Morgan fingerprint density at radius 1 is 0.972 bits per heavy atom. The number of hydrogen-bond acceptors (Lipinski definition) is 6. The molecule has 0 amide bonds. The fourth-order valence-electron chi connectivity index (χ4n) is 4.61. The highest BCUT2D eigenvalue weighted by Crippen LogP contribution is 2.55. The molecule has 1 N–H and O–H groups in total. The van der Waals surface area contributed by atoms with Gasteiger partial charge in [0.2, 0.25) is 0 Å². The summed E-state index contributed by atoms with van der Waals surface area (Å²) >= 11 is 6.11. The topological polar surface area (TPSA) is 85.3 Å². The molecule has 0 radical (unpaired) electrons. The lowest BCUT2D eigenvalue weighted by atomic mass is 9.84. The van der Waals surface area contributed by atoms with Gasteiger partial charge in [0.05, 0.1) is 11.7 Å². The number of phosphoric acid groups is 1. The van der Waals surface area contributed by atoms with E-state index in [1.54, 1.807) is 12.1 Å². The summed E-state index contributed by atoms with van der Waals surface area (Å²) in [5.41, 5.74) is 4.07. The average Bonchev–Trinajstić information content (AvgIpc) is 2.92. The van der Waals surface area contributed by atoms with Gasteiger partial charge in [0, 0.05) is 38.0 Å². The van der Waals surface area contributed by atoms with Crippen molar-refractivity contribution in [3.05, 3.63) is 88.9 Å². The Morgan fingerprint density at radius 3 is 2.17 bits per heavy atom. The molecule has 1 saturated heterocycles. The first-order valence-corrected chi connectivity index (χ1v) is 13.5. The normalized spacial score (nSPS) is 15.6. The Labute approximate surface area is 216 Å². The summed E-state index contributed by atoms with van der Waals surface area (Å²) in [6, 6.07) is 22.4. The Morgan fingerprint density at radius 2 is 1.58 bits per heavy atom. The van der Waals surface area contributed by atoms with Crippen molar-refractivity contribution in [3.8, 4) is 11.1 Å². The number of rotatable bonds is 9. The van der Waals surface area contributed by atoms with E-state index < -0.39 is 19.9 Å². The fourth-order valence-corrected chi connectivity index (χ4v) is 5.62. The van der Waals surface area contributed by atoms with E-state index >= 15 is 0 Å². The molecule has 9 heteroatoms. The van der Waals surface area contributed by atoms with Crippen LogP contribution in [0.5, 0.6) is 0 Å². The number of phosphoric ester groups is 1. The molecule has 0 saturated carbocycles. The minimum absolute atomic E-state index is 0.0478. The molecule has 0 bridgehead atoms. The smallest absolute Gasteiger partial charge is 0.474 e. The molecule has 7 nitrogen and oxygen atoms in total. The van der Waals surface area contributed by atoms with E-state index in [1.807, 2.05) is 60.7 Å². The lowest BCUT2D eigenvalue weighted by molar-refractivity contribution is 0.0602. The van der Waals surface area contributed by atoms with E-state index in [4.69, 9.17) is 30.3 Å². The Kier molecular flexibility index (Phi) is 8.50. The van der Waals surface area contributed by atoms with Crippen LogP contribution in [0.1, 0.15) is 34.9 Å². The van der Waals surface area contributed by atoms with Crippen molar-refractivity contribution >= 4 is 31.1 Å². The second-order valence-corrected chi connectivity index (χ2v) is 10.9. The summed E-state index contributed by atoms with van der Waals surface area (Å²) in [6.07, 6.45) is 1.01. The third-order valence-corrected chi connectivity index (χ3v) is 8.19. The number of hydrogen-bond donors (Lipinski definition) is 1. The highest BCUT2D eigenvalue weighted by atomic mass is 35.5. The van der Waals surface area contributed by atoms with Gasteiger partial charge >= 0.3 is 13.8 Å². The summed E-state index contributed by atoms with van der Waals surface area (Å²) < 4.78 is 29.5. The van der Waals surface area contributed by atoms with Crippen molar-refractivity contribution in [3.63, 3.8) is 0 Å². The monoisotopic (exact) mass is 529 g/mol. The van der Waals surface area contributed by atoms with Crippen molar-refractivity contribution in [2.75, 3.05) is 32.2 Å². The molecule has 4 rings (SSSR count). The second-order valence-electron chi connectivity index (χ2n) is 8.61. The van der Waals surface area contributed by atoms with Gasteiger partial charge in [-0.25, -0.2) is 9.36 Å². The highest BCUT2D eigenvalue weighted by Gasteiger charge is 2.37. The van der Waals surface area contributed by atoms with Crippen molar-refractivity contribution in [1.82, 2.24) is 0 Å². The maximum atomic E-state index is 13.1. The van der Waals surface area contributed by atoms with Gasteiger partial charge in [0.15, 0.2) is 0 Å². The molecular weight excluding hydrogens is 501 g/mol. The van der Waals surface area contributed by atoms with Gasteiger partial charge in [0.1, 0.15) is 0 Å². The zero-order chi connectivity index (χ0) is 25.7. The van der Waals surface area contributed by atoms with Crippen LogP contribution in [-0.2, 0) is 18.1 Å². The first-order valence-electron chi connectivity index (χ1n) is 11.7. The molecular formula is C27H29ClNO6P. The van der Waals surface area contributed by atoms with Gasteiger partial charge in [0.25, 0.3) is 0 Å². The Hall–Kier alpha value is -2.67. The number of piperidine rings is 1. The molecule has 3 aromatic rings. The summed E-state index contributed by atoms with van der Waals surface area (Å²) in [6.45, 7) is 1.48. The van der Waals surface area contributed by atoms with Crippen LogP contribution in [0.15, 0.2) is 72.8 Å². The quantitative estimate of drug-likeness (QED) is 0.296. The van der Waals surface area contributed by atoms with Crippen molar-refractivity contribution in [1.29, 1.82) is 0 Å². The molecule has 0 aliphatic carbocycles.